The second-order valence-corrected chi connectivity index (χ2v) is 3.52. The molecule has 0 aliphatic heterocycles. The van der Waals surface area contributed by atoms with Gasteiger partial charge in [0.1, 0.15) is 0 Å². The number of nitrogens with zero attached hydrogens (tertiary/aromatic N) is 4. The summed E-state index contributed by atoms with van der Waals surface area (Å²) >= 11 is 3.62. The molecule has 0 atom stereocenters. The van der Waals surface area contributed by atoms with Crippen molar-refractivity contribution in [1.29, 1.82) is 0 Å². The van der Waals surface area contributed by atoms with Crippen molar-refractivity contribution in [2.24, 2.45) is 0 Å². The first-order valence-electron chi connectivity index (χ1n) is 5.27. The van der Waals surface area contributed by atoms with Gasteiger partial charge in [-0.3, -0.25) is 4.98 Å². The standard InChI is InChI=1S/C12H9N4.HI.Zn/c1-2-4-10(5-3-1)7-16-9-15-11-6-13-8-14-12(11)16;;/h1-5,8-9H,7H2;1H;/q-1;;+2/p-1. The average molecular weight is 402 g/mol. The molecule has 0 spiro atoms. The van der Waals surface area contributed by atoms with Gasteiger partial charge in [0, 0.05) is 24.0 Å². The zero-order valence-corrected chi connectivity index (χ0v) is 14.7. The number of rotatable bonds is 2. The molecule has 4 nitrogen and oxygen atoms in total. The molecular formula is C12H9IN4Zn. The van der Waals surface area contributed by atoms with Crippen molar-refractivity contribution in [3.8, 4) is 0 Å². The van der Waals surface area contributed by atoms with Crippen LogP contribution in [0, 0.1) is 6.20 Å². The van der Waals surface area contributed by atoms with E-state index in [-0.39, 0.29) is 0 Å². The fourth-order valence-electron chi connectivity index (χ4n) is 1.66. The molecule has 0 bridgehead atoms. The molecule has 0 fully saturated rings. The van der Waals surface area contributed by atoms with Gasteiger partial charge in [-0.25, -0.2) is 0 Å². The van der Waals surface area contributed by atoms with Crippen molar-refractivity contribution in [2.45, 2.75) is 6.54 Å². The fourth-order valence-corrected chi connectivity index (χ4v) is 1.66. The Bertz CT molecular complexity index is 612. The van der Waals surface area contributed by atoms with Crippen molar-refractivity contribution in [3.63, 3.8) is 0 Å². The van der Waals surface area contributed by atoms with Crippen molar-refractivity contribution in [2.75, 3.05) is 0 Å². The molecule has 0 aliphatic rings. The molecule has 1 aromatic carbocycles. The van der Waals surface area contributed by atoms with Crippen LogP contribution in [0.25, 0.3) is 11.2 Å². The Hall–Kier alpha value is -0.877. The molecule has 0 aliphatic carbocycles. The van der Waals surface area contributed by atoms with E-state index in [0.29, 0.717) is 5.52 Å². The summed E-state index contributed by atoms with van der Waals surface area (Å²) in [5.74, 6) is 0. The maximum Gasteiger partial charge on any atom is 0.0837 e. The first-order chi connectivity index (χ1) is 8.93. The Morgan fingerprint density at radius 2 is 1.94 bits per heavy atom. The summed E-state index contributed by atoms with van der Waals surface area (Å²) in [7, 11) is 0. The normalized spacial score (nSPS) is 9.94. The number of hydrogen-bond donors (Lipinski definition) is 0. The molecule has 0 saturated heterocycles. The first-order valence-corrected chi connectivity index (χ1v) is 14.3. The van der Waals surface area contributed by atoms with Crippen LogP contribution in [0.5, 0.6) is 0 Å². The zero-order chi connectivity index (χ0) is 12.8. The molecule has 86 valence electrons. The van der Waals surface area contributed by atoms with E-state index in [4.69, 9.17) is 0 Å². The van der Waals surface area contributed by atoms with E-state index in [0.717, 1.165) is 12.2 Å². The number of benzene rings is 1. The third-order valence-corrected chi connectivity index (χ3v) is 2.41. The van der Waals surface area contributed by atoms with Gasteiger partial charge in [0.25, 0.3) is 0 Å². The molecule has 0 unspecified atom stereocenters. The average Bonchev–Trinajstić information content (AvgIpc) is 2.86. The summed E-state index contributed by atoms with van der Waals surface area (Å²) in [6.07, 6.45) is 6.07. The predicted octanol–water partition coefficient (Wildman–Crippen LogP) is 2.56. The minimum Gasteiger partial charge on any atom is -0.374 e. The maximum atomic E-state index is 4.20. The number of aromatic nitrogens is 4. The zero-order valence-electron chi connectivity index (χ0n) is 9.62. The van der Waals surface area contributed by atoms with E-state index in [1.165, 1.54) is 26.7 Å². The molecule has 0 amide bonds. The molecular weight excluding hydrogens is 392 g/mol. The van der Waals surface area contributed by atoms with Gasteiger partial charge in [-0.05, 0) is 11.8 Å². The Morgan fingerprint density at radius 1 is 1.17 bits per heavy atom. The Kier molecular flexibility index (Phi) is 5.19. The van der Waals surface area contributed by atoms with E-state index in [1.54, 1.807) is 6.33 Å². The van der Waals surface area contributed by atoms with Crippen molar-refractivity contribution in [1.82, 2.24) is 19.5 Å². The molecule has 0 radical (unpaired) electrons. The number of imidazole rings is 1. The van der Waals surface area contributed by atoms with E-state index in [9.17, 15) is 0 Å². The largest absolute Gasteiger partial charge is 0.374 e. The molecule has 2 aromatic heterocycles. The van der Waals surface area contributed by atoms with E-state index in [1.807, 2.05) is 22.8 Å². The van der Waals surface area contributed by atoms with Gasteiger partial charge >= 0.3 is 34.5 Å². The van der Waals surface area contributed by atoms with Crippen LogP contribution in [0.3, 0.4) is 0 Å². The van der Waals surface area contributed by atoms with Gasteiger partial charge in [0.05, 0.1) is 6.33 Å². The van der Waals surface area contributed by atoms with Crippen molar-refractivity contribution < 1.29 is 14.8 Å². The maximum absolute atomic E-state index is 4.20. The summed E-state index contributed by atoms with van der Waals surface area (Å²) in [6, 6.07) is 10.2. The Labute approximate surface area is 126 Å². The van der Waals surface area contributed by atoms with E-state index in [2.05, 4.69) is 53.0 Å². The van der Waals surface area contributed by atoms with Crippen LogP contribution < -0.4 is 0 Å². The molecule has 3 aromatic rings. The van der Waals surface area contributed by atoms with Crippen LogP contribution in [0.1, 0.15) is 5.56 Å². The molecule has 3 rings (SSSR count). The van der Waals surface area contributed by atoms with Gasteiger partial charge < -0.3 is 14.5 Å². The van der Waals surface area contributed by atoms with Gasteiger partial charge in [0.15, 0.2) is 0 Å². The second kappa shape index (κ2) is 6.90. The number of halogens is 1. The third-order valence-electron chi connectivity index (χ3n) is 2.41. The summed E-state index contributed by atoms with van der Waals surface area (Å²) < 4.78 is 1.99. The summed E-state index contributed by atoms with van der Waals surface area (Å²) in [6.45, 7) is 0.766. The topological polar surface area (TPSA) is 43.6 Å². The first kappa shape index (κ1) is 13.6. The molecule has 6 heteroatoms. The van der Waals surface area contributed by atoms with E-state index < -0.39 is 0 Å². The predicted molar refractivity (Wildman–Crippen MR) is 73.7 cm³/mol. The summed E-state index contributed by atoms with van der Waals surface area (Å²) in [5.41, 5.74) is 2.75. The van der Waals surface area contributed by atoms with Gasteiger partial charge in [-0.15, -0.1) is 0 Å². The summed E-state index contributed by atoms with van der Waals surface area (Å²) in [5, 5.41) is 0. The van der Waals surface area contributed by atoms with E-state index >= 15 is 0 Å². The molecule has 0 saturated carbocycles. The van der Waals surface area contributed by atoms with Crippen LogP contribution in [0.2, 0.25) is 0 Å². The Morgan fingerprint density at radius 3 is 2.72 bits per heavy atom. The van der Waals surface area contributed by atoms with Crippen LogP contribution in [0.4, 0.5) is 0 Å². The SMILES string of the molecule is [Zn+][I].[c-]1ncnc2c1ncn2Cc1ccccc1. The van der Waals surface area contributed by atoms with Gasteiger partial charge in [-0.2, -0.15) is 0 Å². The molecule has 18 heavy (non-hydrogen) atoms. The third kappa shape index (κ3) is 3.11. The van der Waals surface area contributed by atoms with Crippen LogP contribution >= 0.6 is 19.8 Å². The summed E-state index contributed by atoms with van der Waals surface area (Å²) in [4.78, 5) is 12.2. The number of fused-ring (bicyclic) bond motifs is 1. The minimum absolute atomic E-state index is 0.707. The smallest absolute Gasteiger partial charge is 0.0837 e. The van der Waals surface area contributed by atoms with Gasteiger partial charge in [0.2, 0.25) is 0 Å². The molecule has 0 N–H and O–H groups in total. The molecule has 2 heterocycles. The Balaban J connectivity index is 0.000000574. The van der Waals surface area contributed by atoms with Crippen molar-refractivity contribution >= 4 is 30.9 Å². The fraction of sp³-hybridized carbons (Fsp3) is 0.0833. The second-order valence-electron chi connectivity index (χ2n) is 3.52. The van der Waals surface area contributed by atoms with Gasteiger partial charge in [-0.1, -0.05) is 30.3 Å². The van der Waals surface area contributed by atoms with Crippen LogP contribution in [-0.2, 0) is 21.3 Å². The monoisotopic (exact) mass is 400 g/mol. The quantitative estimate of drug-likeness (QED) is 0.377. The van der Waals surface area contributed by atoms with Crippen LogP contribution in [-0.4, -0.2) is 19.5 Å². The minimum atomic E-state index is 0.707. The van der Waals surface area contributed by atoms with Crippen LogP contribution in [0.15, 0.2) is 43.0 Å². The van der Waals surface area contributed by atoms with Crippen molar-refractivity contribution in [3.05, 3.63) is 54.7 Å². The number of hydrogen-bond acceptors (Lipinski definition) is 3.